The Morgan fingerprint density at radius 3 is 2.56 bits per heavy atom. The van der Waals surface area contributed by atoms with Crippen LogP contribution in [0, 0.1) is 5.92 Å². The molecule has 2 aliphatic rings. The third-order valence-corrected chi connectivity index (χ3v) is 7.33. The summed E-state index contributed by atoms with van der Waals surface area (Å²) in [7, 11) is 0. The molecule has 0 amide bonds. The molecule has 0 spiro atoms. The van der Waals surface area contributed by atoms with E-state index in [1.807, 2.05) is 47.1 Å². The Labute approximate surface area is 208 Å². The topological polar surface area (TPSA) is 91.5 Å². The summed E-state index contributed by atoms with van der Waals surface area (Å²) in [6.45, 7) is 3.52. The molecule has 8 heteroatoms. The normalized spacial score (nSPS) is 20.7. The molecule has 7 rings (SSSR count). The van der Waals surface area contributed by atoms with Crippen LogP contribution in [0.25, 0.3) is 39.3 Å². The summed E-state index contributed by atoms with van der Waals surface area (Å²) in [5.74, 6) is 1.82. The fourth-order valence-corrected chi connectivity index (χ4v) is 5.57. The molecule has 0 aliphatic carbocycles. The highest BCUT2D eigenvalue weighted by Gasteiger charge is 2.37. The molecule has 2 N–H and O–H groups in total. The van der Waals surface area contributed by atoms with Crippen LogP contribution in [0.1, 0.15) is 6.42 Å². The number of piperidine rings is 1. The smallest absolute Gasteiger partial charge is 0.164 e. The van der Waals surface area contributed by atoms with Gasteiger partial charge in [-0.05, 0) is 66.9 Å². The van der Waals surface area contributed by atoms with Gasteiger partial charge in [0.2, 0.25) is 0 Å². The molecule has 0 saturated carbocycles. The number of nitrogens with one attached hydrogen (secondary N) is 1. The molecule has 2 unspecified atom stereocenters. The largest absolute Gasteiger partial charge is 0.508 e. The van der Waals surface area contributed by atoms with Crippen LogP contribution in [-0.2, 0) is 0 Å². The molecule has 2 aliphatic heterocycles. The van der Waals surface area contributed by atoms with E-state index in [0.29, 0.717) is 11.7 Å². The standard InChI is InChI=1S/C28H25N7O/c36-22-3-1-2-19(14-22)26-27(18-6-10-29-11-7-18)33-35-24(8-12-30-28(26)35)20-4-5-25(31-15-20)32-23-17-34-13-9-21(23)16-34/h1-8,10-12,14-15,21,23,36H,9,13,16-17H2,(H,31,32)/t21?,23-/m0/s1. The first-order chi connectivity index (χ1) is 17.7. The van der Waals surface area contributed by atoms with Gasteiger partial charge in [-0.1, -0.05) is 12.1 Å². The van der Waals surface area contributed by atoms with Gasteiger partial charge in [-0.25, -0.2) is 14.5 Å². The lowest BCUT2D eigenvalue weighted by atomic mass is 10.00. The predicted octanol–water partition coefficient (Wildman–Crippen LogP) is 4.34. The van der Waals surface area contributed by atoms with Crippen LogP contribution in [0.15, 0.2) is 79.4 Å². The van der Waals surface area contributed by atoms with Gasteiger partial charge >= 0.3 is 0 Å². The van der Waals surface area contributed by atoms with Crippen molar-refractivity contribution in [3.63, 3.8) is 0 Å². The SMILES string of the molecule is Oc1cccc(-c2c(-c3ccncc3)nn3c(-c4ccc(N[C@H]5CN6CCC5C6)nc4)ccnc23)c1. The molecule has 4 aromatic heterocycles. The van der Waals surface area contributed by atoms with Crippen LogP contribution in [0.4, 0.5) is 5.82 Å². The molecule has 6 heterocycles. The van der Waals surface area contributed by atoms with Crippen LogP contribution in [0.5, 0.6) is 5.75 Å². The van der Waals surface area contributed by atoms with Crippen molar-refractivity contribution < 1.29 is 5.11 Å². The number of aromatic nitrogens is 5. The molecule has 2 bridgehead atoms. The number of hydrogen-bond donors (Lipinski definition) is 2. The number of phenols is 1. The van der Waals surface area contributed by atoms with E-state index in [-0.39, 0.29) is 5.75 Å². The molecule has 8 nitrogen and oxygen atoms in total. The molecule has 3 atom stereocenters. The zero-order valence-corrected chi connectivity index (χ0v) is 19.6. The third-order valence-electron chi connectivity index (χ3n) is 7.33. The summed E-state index contributed by atoms with van der Waals surface area (Å²) in [5, 5.41) is 18.8. The lowest BCUT2D eigenvalue weighted by molar-refractivity contribution is 0.354. The number of benzene rings is 1. The van der Waals surface area contributed by atoms with Gasteiger partial charge in [0.25, 0.3) is 0 Å². The first kappa shape index (κ1) is 21.0. The van der Waals surface area contributed by atoms with Crippen molar-refractivity contribution in [2.75, 3.05) is 25.0 Å². The van der Waals surface area contributed by atoms with E-state index in [2.05, 4.69) is 21.3 Å². The Balaban J connectivity index is 1.31. The zero-order chi connectivity index (χ0) is 24.1. The Hall–Kier alpha value is -4.30. The van der Waals surface area contributed by atoms with Gasteiger partial charge in [-0.3, -0.25) is 4.98 Å². The molecule has 0 radical (unpaired) electrons. The summed E-state index contributed by atoms with van der Waals surface area (Å²) in [5.41, 5.74) is 5.97. The van der Waals surface area contributed by atoms with E-state index in [9.17, 15) is 5.11 Å². The van der Waals surface area contributed by atoms with Gasteiger partial charge in [-0.2, -0.15) is 5.10 Å². The fourth-order valence-electron chi connectivity index (χ4n) is 5.57. The highest BCUT2D eigenvalue weighted by Crippen LogP contribution is 2.37. The molecule has 178 valence electrons. The lowest BCUT2D eigenvalue weighted by Crippen LogP contribution is -2.34. The highest BCUT2D eigenvalue weighted by molar-refractivity contribution is 5.91. The average molecular weight is 476 g/mol. The maximum absolute atomic E-state index is 10.2. The maximum Gasteiger partial charge on any atom is 0.164 e. The quantitative estimate of drug-likeness (QED) is 0.391. The Morgan fingerprint density at radius 1 is 0.889 bits per heavy atom. The van der Waals surface area contributed by atoms with E-state index in [1.54, 1.807) is 30.7 Å². The molecular formula is C28H25N7O. The van der Waals surface area contributed by atoms with Crippen molar-refractivity contribution in [1.29, 1.82) is 0 Å². The number of rotatable bonds is 5. The van der Waals surface area contributed by atoms with Crippen LogP contribution in [-0.4, -0.2) is 60.2 Å². The Bertz CT molecular complexity index is 1550. The van der Waals surface area contributed by atoms with Crippen molar-refractivity contribution in [2.24, 2.45) is 5.92 Å². The molecule has 2 fully saturated rings. The van der Waals surface area contributed by atoms with Gasteiger partial charge < -0.3 is 15.3 Å². The average Bonchev–Trinajstić information content (AvgIpc) is 3.64. The van der Waals surface area contributed by atoms with Crippen LogP contribution in [0.3, 0.4) is 0 Å². The van der Waals surface area contributed by atoms with Gasteiger partial charge in [0, 0.05) is 55.0 Å². The summed E-state index contributed by atoms with van der Waals surface area (Å²) in [6, 6.07) is 17.6. The summed E-state index contributed by atoms with van der Waals surface area (Å²) >= 11 is 0. The minimum absolute atomic E-state index is 0.197. The molecular weight excluding hydrogens is 450 g/mol. The zero-order valence-electron chi connectivity index (χ0n) is 19.6. The van der Waals surface area contributed by atoms with Crippen LogP contribution >= 0.6 is 0 Å². The van der Waals surface area contributed by atoms with Crippen molar-refractivity contribution in [1.82, 2.24) is 29.5 Å². The van der Waals surface area contributed by atoms with E-state index < -0.39 is 0 Å². The second kappa shape index (κ2) is 8.42. The van der Waals surface area contributed by atoms with Crippen LogP contribution < -0.4 is 5.32 Å². The predicted molar refractivity (Wildman–Crippen MR) is 139 cm³/mol. The van der Waals surface area contributed by atoms with E-state index >= 15 is 0 Å². The molecule has 1 aromatic carbocycles. The van der Waals surface area contributed by atoms with E-state index in [4.69, 9.17) is 15.1 Å². The number of nitrogens with zero attached hydrogens (tertiary/aromatic N) is 6. The van der Waals surface area contributed by atoms with Crippen molar-refractivity contribution in [3.05, 3.63) is 79.4 Å². The van der Waals surface area contributed by atoms with Gasteiger partial charge in [-0.15, -0.1) is 0 Å². The second-order valence-corrected chi connectivity index (χ2v) is 9.57. The van der Waals surface area contributed by atoms with Crippen molar-refractivity contribution >= 4 is 11.5 Å². The van der Waals surface area contributed by atoms with E-state index in [1.165, 1.54) is 19.5 Å². The molecule has 2 saturated heterocycles. The molecule has 5 aromatic rings. The highest BCUT2D eigenvalue weighted by atomic mass is 16.3. The fraction of sp³-hybridized carbons (Fsp3) is 0.214. The summed E-state index contributed by atoms with van der Waals surface area (Å²) in [6.07, 6.45) is 8.47. The Kier molecular flexibility index (Phi) is 4.92. The number of pyridine rings is 2. The summed E-state index contributed by atoms with van der Waals surface area (Å²) < 4.78 is 1.86. The lowest BCUT2D eigenvalue weighted by Gasteiger charge is -2.23. The number of anilines is 1. The number of aromatic hydroxyl groups is 1. The van der Waals surface area contributed by atoms with E-state index in [0.717, 1.165) is 51.9 Å². The first-order valence-corrected chi connectivity index (χ1v) is 12.3. The van der Waals surface area contributed by atoms with Gasteiger partial charge in [0.05, 0.1) is 11.3 Å². The number of phenolic OH excluding ortho intramolecular Hbond substituents is 1. The van der Waals surface area contributed by atoms with Crippen LogP contribution in [0.2, 0.25) is 0 Å². The maximum atomic E-state index is 10.2. The first-order valence-electron chi connectivity index (χ1n) is 12.3. The Morgan fingerprint density at radius 2 is 1.81 bits per heavy atom. The van der Waals surface area contributed by atoms with Crippen molar-refractivity contribution in [3.8, 4) is 39.4 Å². The molecule has 36 heavy (non-hydrogen) atoms. The second-order valence-electron chi connectivity index (χ2n) is 9.57. The van der Waals surface area contributed by atoms with Gasteiger partial charge in [0.1, 0.15) is 17.3 Å². The minimum Gasteiger partial charge on any atom is -0.508 e. The van der Waals surface area contributed by atoms with Gasteiger partial charge in [0.15, 0.2) is 5.65 Å². The number of fused-ring (bicyclic) bond motifs is 3. The minimum atomic E-state index is 0.197. The third kappa shape index (κ3) is 3.58. The monoisotopic (exact) mass is 475 g/mol. The van der Waals surface area contributed by atoms with Crippen molar-refractivity contribution in [2.45, 2.75) is 12.5 Å². The summed E-state index contributed by atoms with van der Waals surface area (Å²) in [4.78, 5) is 16.1. The number of hydrogen-bond acceptors (Lipinski definition) is 7.